The van der Waals surface area contributed by atoms with E-state index in [0.29, 0.717) is 5.56 Å². The van der Waals surface area contributed by atoms with Gasteiger partial charge in [-0.05, 0) is 44.5 Å². The number of hydrogen-bond donors (Lipinski definition) is 0. The van der Waals surface area contributed by atoms with Gasteiger partial charge >= 0.3 is 6.09 Å². The molecule has 0 unspecified atom stereocenters. The minimum absolute atomic E-state index is 0.0956. The first-order chi connectivity index (χ1) is 16.9. The number of imide groups is 1. The molecule has 2 amide bonds. The zero-order chi connectivity index (χ0) is 26.4. The van der Waals surface area contributed by atoms with Crippen LogP contribution < -0.4 is 4.90 Å². The minimum Gasteiger partial charge on any atom is -0.443 e. The molecule has 1 aliphatic rings. The molecule has 0 saturated carbocycles. The van der Waals surface area contributed by atoms with Gasteiger partial charge in [0.25, 0.3) is 17.3 Å². The molecular weight excluding hydrogens is 490 g/mol. The molecule has 4 rings (SSSR count). The molecule has 0 spiro atoms. The van der Waals surface area contributed by atoms with Crippen molar-refractivity contribution in [1.29, 1.82) is 0 Å². The molecule has 3 aromatic carbocycles. The van der Waals surface area contributed by atoms with Crippen LogP contribution in [0, 0.1) is 20.2 Å². The number of hydrogen-bond acceptors (Lipinski definition) is 7. The van der Waals surface area contributed by atoms with E-state index in [1.165, 1.54) is 24.3 Å². The maximum atomic E-state index is 14.3. The van der Waals surface area contributed by atoms with E-state index in [4.69, 9.17) is 16.3 Å². The Labute approximate surface area is 210 Å². The van der Waals surface area contributed by atoms with Gasteiger partial charge in [-0.3, -0.25) is 25.0 Å². The quantitative estimate of drug-likeness (QED) is 0.322. The van der Waals surface area contributed by atoms with E-state index >= 15 is 0 Å². The predicted octanol–water partition coefficient (Wildman–Crippen LogP) is 5.77. The van der Waals surface area contributed by atoms with E-state index in [1.807, 2.05) is 0 Å². The number of nitrogens with zero attached hydrogens (tertiary/aromatic N) is 3. The number of carbonyl (C=O) groups excluding carboxylic acids is 2. The van der Waals surface area contributed by atoms with Crippen LogP contribution in [0.3, 0.4) is 0 Å². The van der Waals surface area contributed by atoms with Crippen LogP contribution >= 0.6 is 11.6 Å². The average Bonchev–Trinajstić information content (AvgIpc) is 3.06. The maximum Gasteiger partial charge on any atom is 0.421 e. The predicted molar refractivity (Wildman–Crippen MR) is 131 cm³/mol. The van der Waals surface area contributed by atoms with Crippen LogP contribution in [0.2, 0.25) is 5.02 Å². The number of fused-ring (bicyclic) bond motifs is 1. The fourth-order valence-corrected chi connectivity index (χ4v) is 4.54. The number of rotatable bonds is 4. The Morgan fingerprint density at radius 2 is 1.58 bits per heavy atom. The van der Waals surface area contributed by atoms with Crippen molar-refractivity contribution >= 4 is 40.7 Å². The Balaban J connectivity index is 2.12. The third-order valence-corrected chi connectivity index (χ3v) is 5.94. The van der Waals surface area contributed by atoms with Crippen LogP contribution in [-0.2, 0) is 14.9 Å². The lowest BCUT2D eigenvalue weighted by Crippen LogP contribution is -2.46. The van der Waals surface area contributed by atoms with Crippen LogP contribution in [-0.4, -0.2) is 27.4 Å². The Kier molecular flexibility index (Phi) is 6.01. The number of benzene rings is 3. The normalized spacial score (nSPS) is 17.0. The van der Waals surface area contributed by atoms with Gasteiger partial charge in [0, 0.05) is 16.7 Å². The molecule has 1 aliphatic heterocycles. The number of anilines is 1. The van der Waals surface area contributed by atoms with Crippen molar-refractivity contribution in [2.75, 3.05) is 4.90 Å². The zero-order valence-electron chi connectivity index (χ0n) is 19.4. The topological polar surface area (TPSA) is 133 Å². The number of nitro groups is 2. The first-order valence-corrected chi connectivity index (χ1v) is 11.1. The summed E-state index contributed by atoms with van der Waals surface area (Å²) in [6.45, 7) is 4.90. The highest BCUT2D eigenvalue weighted by atomic mass is 35.5. The Morgan fingerprint density at radius 3 is 2.17 bits per heavy atom. The highest BCUT2D eigenvalue weighted by Crippen LogP contribution is 2.53. The highest BCUT2D eigenvalue weighted by Gasteiger charge is 2.58. The second kappa shape index (κ2) is 8.72. The fraction of sp³-hybridized carbons (Fsp3) is 0.200. The van der Waals surface area contributed by atoms with Crippen LogP contribution in [0.25, 0.3) is 0 Å². The summed E-state index contributed by atoms with van der Waals surface area (Å²) in [6.07, 6.45) is -0.988. The molecule has 36 heavy (non-hydrogen) atoms. The fourth-order valence-electron chi connectivity index (χ4n) is 4.37. The third-order valence-electron chi connectivity index (χ3n) is 5.70. The molecule has 1 heterocycles. The largest absolute Gasteiger partial charge is 0.443 e. The van der Waals surface area contributed by atoms with Crippen molar-refractivity contribution in [1.82, 2.24) is 0 Å². The van der Waals surface area contributed by atoms with Crippen molar-refractivity contribution in [3.63, 3.8) is 0 Å². The first kappa shape index (κ1) is 24.8. The van der Waals surface area contributed by atoms with Gasteiger partial charge in [0.05, 0.1) is 27.2 Å². The lowest BCUT2D eigenvalue weighted by atomic mass is 9.69. The van der Waals surface area contributed by atoms with Crippen LogP contribution in [0.15, 0.2) is 66.7 Å². The summed E-state index contributed by atoms with van der Waals surface area (Å²) in [5, 5.41) is 23.7. The minimum atomic E-state index is -1.89. The Morgan fingerprint density at radius 1 is 0.944 bits per heavy atom. The number of nitro benzene ring substituents is 2. The van der Waals surface area contributed by atoms with E-state index in [9.17, 15) is 29.8 Å². The summed E-state index contributed by atoms with van der Waals surface area (Å²) in [6, 6.07) is 15.7. The van der Waals surface area contributed by atoms with Crippen LogP contribution in [0.4, 0.5) is 21.9 Å². The summed E-state index contributed by atoms with van der Waals surface area (Å²) < 4.78 is 5.48. The van der Waals surface area contributed by atoms with Gasteiger partial charge in [-0.15, -0.1) is 0 Å². The second-order valence-electron chi connectivity index (χ2n) is 9.11. The Hall–Kier alpha value is -4.31. The molecule has 0 saturated heterocycles. The lowest BCUT2D eigenvalue weighted by Gasteiger charge is -2.30. The van der Waals surface area contributed by atoms with Crippen molar-refractivity contribution < 1.29 is 24.2 Å². The molecule has 1 atom stereocenters. The molecule has 0 bridgehead atoms. The molecule has 10 nitrogen and oxygen atoms in total. The number of carbonyl (C=O) groups is 2. The lowest BCUT2D eigenvalue weighted by molar-refractivity contribution is -0.394. The van der Waals surface area contributed by atoms with E-state index in [2.05, 4.69) is 0 Å². The molecule has 0 radical (unpaired) electrons. The van der Waals surface area contributed by atoms with E-state index in [1.54, 1.807) is 51.1 Å². The van der Waals surface area contributed by atoms with Gasteiger partial charge in [-0.25, -0.2) is 9.69 Å². The smallest absolute Gasteiger partial charge is 0.421 e. The van der Waals surface area contributed by atoms with E-state index in [-0.39, 0.29) is 21.8 Å². The molecule has 3 aromatic rings. The van der Waals surface area contributed by atoms with Crippen molar-refractivity contribution in [3.05, 3.63) is 109 Å². The summed E-state index contributed by atoms with van der Waals surface area (Å²) >= 11 is 6.22. The Bertz CT molecular complexity index is 1420. The van der Waals surface area contributed by atoms with Gasteiger partial charge in [0.15, 0.2) is 0 Å². The van der Waals surface area contributed by atoms with Gasteiger partial charge in [0.2, 0.25) is 0 Å². The summed E-state index contributed by atoms with van der Waals surface area (Å²) in [5.74, 6) is -0.836. The molecule has 0 aliphatic carbocycles. The molecule has 0 N–H and O–H groups in total. The molecule has 0 fully saturated rings. The average molecular weight is 510 g/mol. The number of halogens is 1. The summed E-state index contributed by atoms with van der Waals surface area (Å²) in [4.78, 5) is 50.4. The van der Waals surface area contributed by atoms with Crippen LogP contribution in [0.5, 0.6) is 0 Å². The highest BCUT2D eigenvalue weighted by molar-refractivity contribution is 6.32. The molecular formula is C25H20ClN3O7. The second-order valence-corrected chi connectivity index (χ2v) is 9.55. The van der Waals surface area contributed by atoms with Gasteiger partial charge < -0.3 is 4.74 Å². The van der Waals surface area contributed by atoms with Crippen molar-refractivity contribution in [2.24, 2.45) is 0 Å². The number of non-ortho nitro benzene ring substituents is 1. The van der Waals surface area contributed by atoms with Crippen molar-refractivity contribution in [3.8, 4) is 0 Å². The van der Waals surface area contributed by atoms with Gasteiger partial charge in [-0.1, -0.05) is 48.0 Å². The van der Waals surface area contributed by atoms with Gasteiger partial charge in [-0.2, -0.15) is 0 Å². The molecule has 0 aromatic heterocycles. The first-order valence-electron chi connectivity index (χ1n) is 10.7. The SMILES string of the molecule is CC(C)(C)OC(=O)N1C(=O)[C@](c2ccccc2)(c2ccc([N+](=O)[O-])cc2[N+](=O)[O-])c2ccc(Cl)cc21. The summed E-state index contributed by atoms with van der Waals surface area (Å²) in [5.41, 5.74) is -3.48. The van der Waals surface area contributed by atoms with Gasteiger partial charge in [0.1, 0.15) is 11.0 Å². The van der Waals surface area contributed by atoms with Crippen molar-refractivity contribution in [2.45, 2.75) is 31.8 Å². The zero-order valence-corrected chi connectivity index (χ0v) is 20.2. The third kappa shape index (κ3) is 3.95. The maximum absolute atomic E-state index is 14.3. The molecule has 184 valence electrons. The number of ether oxygens (including phenoxy) is 1. The summed E-state index contributed by atoms with van der Waals surface area (Å²) in [7, 11) is 0. The standard InChI is InChI=1S/C25H20ClN3O7/c1-24(2,3)36-23(31)27-20-13-16(26)9-11-18(20)25(22(27)30,15-7-5-4-6-8-15)19-12-10-17(28(32)33)14-21(19)29(34)35/h4-14H,1-3H3/t25-/m0/s1. The monoisotopic (exact) mass is 509 g/mol. The van der Waals surface area contributed by atoms with Crippen LogP contribution in [0.1, 0.15) is 37.5 Å². The molecule has 11 heteroatoms. The van der Waals surface area contributed by atoms with E-state index < -0.39 is 44.2 Å². The van der Waals surface area contributed by atoms with E-state index in [0.717, 1.165) is 17.0 Å². The number of amides is 2.